The maximum absolute atomic E-state index is 11.3. The zero-order valence-electron chi connectivity index (χ0n) is 12.5. The van der Waals surface area contributed by atoms with E-state index in [-0.39, 0.29) is 25.2 Å². The number of carbonyl (C=O) groups is 1. The summed E-state index contributed by atoms with van der Waals surface area (Å²) in [5, 5.41) is 2.28. The third kappa shape index (κ3) is 3.80. The molecule has 21 heavy (non-hydrogen) atoms. The van der Waals surface area contributed by atoms with Crippen molar-refractivity contribution in [2.45, 2.75) is 19.9 Å². The van der Waals surface area contributed by atoms with Crippen molar-refractivity contribution >= 4 is 16.7 Å². The molecule has 0 aliphatic carbocycles. The largest absolute Gasteiger partial charge is 0.464 e. The fraction of sp³-hybridized carbons (Fsp3) is 0.353. The maximum atomic E-state index is 11.3. The predicted octanol–water partition coefficient (Wildman–Crippen LogP) is 2.73. The summed E-state index contributed by atoms with van der Waals surface area (Å²) >= 11 is 0. The standard InChI is InChI=1S/C17H21NO3/c1-3-21-16(19)11-20-10-15(18)17-12(2)8-9-13-6-4-5-7-14(13)17/h4-9,15H,3,10-11,18H2,1-2H3. The summed E-state index contributed by atoms with van der Waals surface area (Å²) in [4.78, 5) is 11.3. The van der Waals surface area contributed by atoms with Crippen LogP contribution in [0, 0.1) is 6.92 Å². The molecule has 0 aliphatic heterocycles. The van der Waals surface area contributed by atoms with Crippen LogP contribution in [-0.2, 0) is 14.3 Å². The summed E-state index contributed by atoms with van der Waals surface area (Å²) in [5.41, 5.74) is 8.44. The molecule has 0 bridgehead atoms. The van der Waals surface area contributed by atoms with E-state index in [1.807, 2.05) is 19.1 Å². The van der Waals surface area contributed by atoms with E-state index < -0.39 is 0 Å². The second kappa shape index (κ2) is 7.20. The van der Waals surface area contributed by atoms with Crippen LogP contribution in [0.4, 0.5) is 0 Å². The lowest BCUT2D eigenvalue weighted by Gasteiger charge is -2.17. The molecule has 112 valence electrons. The molecular weight excluding hydrogens is 266 g/mol. The van der Waals surface area contributed by atoms with Gasteiger partial charge in [0.05, 0.1) is 19.3 Å². The number of fused-ring (bicyclic) bond motifs is 1. The van der Waals surface area contributed by atoms with Crippen molar-refractivity contribution in [1.29, 1.82) is 0 Å². The highest BCUT2D eigenvalue weighted by Gasteiger charge is 2.14. The molecule has 1 unspecified atom stereocenters. The molecule has 0 amide bonds. The smallest absolute Gasteiger partial charge is 0.332 e. The Morgan fingerprint density at radius 2 is 2.00 bits per heavy atom. The van der Waals surface area contributed by atoms with Crippen LogP contribution in [0.3, 0.4) is 0 Å². The molecule has 4 heteroatoms. The van der Waals surface area contributed by atoms with Crippen LogP contribution >= 0.6 is 0 Å². The van der Waals surface area contributed by atoms with E-state index in [1.165, 1.54) is 0 Å². The van der Waals surface area contributed by atoms with Crippen LogP contribution in [0.15, 0.2) is 36.4 Å². The van der Waals surface area contributed by atoms with Crippen molar-refractivity contribution < 1.29 is 14.3 Å². The number of aryl methyl sites for hydroxylation is 1. The molecule has 1 atom stereocenters. The van der Waals surface area contributed by atoms with E-state index in [2.05, 4.69) is 24.3 Å². The Balaban J connectivity index is 2.10. The fourth-order valence-corrected chi connectivity index (χ4v) is 2.45. The molecule has 4 nitrogen and oxygen atoms in total. The van der Waals surface area contributed by atoms with Crippen molar-refractivity contribution in [2.75, 3.05) is 19.8 Å². The van der Waals surface area contributed by atoms with Crippen LogP contribution in [-0.4, -0.2) is 25.8 Å². The van der Waals surface area contributed by atoms with Crippen molar-refractivity contribution in [1.82, 2.24) is 0 Å². The fourth-order valence-electron chi connectivity index (χ4n) is 2.45. The Kier molecular flexibility index (Phi) is 5.31. The normalized spacial score (nSPS) is 12.3. The molecule has 0 saturated carbocycles. The summed E-state index contributed by atoms with van der Waals surface area (Å²) < 4.78 is 10.2. The van der Waals surface area contributed by atoms with Gasteiger partial charge in [-0.3, -0.25) is 0 Å². The van der Waals surface area contributed by atoms with Crippen LogP contribution in [0.25, 0.3) is 10.8 Å². The van der Waals surface area contributed by atoms with Gasteiger partial charge in [0.2, 0.25) is 0 Å². The molecule has 2 aromatic rings. The van der Waals surface area contributed by atoms with Gasteiger partial charge >= 0.3 is 5.97 Å². The van der Waals surface area contributed by atoms with Crippen molar-refractivity contribution in [2.24, 2.45) is 5.73 Å². The minimum absolute atomic E-state index is 0.0641. The minimum Gasteiger partial charge on any atom is -0.464 e. The van der Waals surface area contributed by atoms with Crippen molar-refractivity contribution in [3.05, 3.63) is 47.5 Å². The number of esters is 1. The van der Waals surface area contributed by atoms with E-state index in [0.717, 1.165) is 21.9 Å². The van der Waals surface area contributed by atoms with E-state index in [4.69, 9.17) is 15.2 Å². The predicted molar refractivity (Wildman–Crippen MR) is 83.1 cm³/mol. The van der Waals surface area contributed by atoms with Gasteiger partial charge in [0.15, 0.2) is 0 Å². The van der Waals surface area contributed by atoms with Crippen molar-refractivity contribution in [3.63, 3.8) is 0 Å². The van der Waals surface area contributed by atoms with Crippen molar-refractivity contribution in [3.8, 4) is 0 Å². The van der Waals surface area contributed by atoms with Gasteiger partial charge in [0.25, 0.3) is 0 Å². The monoisotopic (exact) mass is 287 g/mol. The van der Waals surface area contributed by atoms with E-state index >= 15 is 0 Å². The maximum Gasteiger partial charge on any atom is 0.332 e. The third-order valence-corrected chi connectivity index (χ3v) is 3.38. The second-order valence-corrected chi connectivity index (χ2v) is 4.94. The van der Waals surface area contributed by atoms with Gasteiger partial charge in [0.1, 0.15) is 6.61 Å². The average molecular weight is 287 g/mol. The SMILES string of the molecule is CCOC(=O)COCC(N)c1c(C)ccc2ccccc12. The molecule has 0 radical (unpaired) electrons. The number of hydrogen-bond donors (Lipinski definition) is 1. The third-order valence-electron chi connectivity index (χ3n) is 3.38. The van der Waals surface area contributed by atoms with Gasteiger partial charge in [-0.15, -0.1) is 0 Å². The van der Waals surface area contributed by atoms with Gasteiger partial charge in [0, 0.05) is 0 Å². The molecule has 0 aromatic heterocycles. The Hall–Kier alpha value is -1.91. The number of nitrogens with two attached hydrogens (primary N) is 1. The number of carbonyl (C=O) groups excluding carboxylic acids is 1. The molecule has 0 fully saturated rings. The van der Waals surface area contributed by atoms with Crippen LogP contribution < -0.4 is 5.73 Å². The van der Waals surface area contributed by atoms with Crippen LogP contribution in [0.1, 0.15) is 24.1 Å². The molecule has 2 N–H and O–H groups in total. The lowest BCUT2D eigenvalue weighted by molar-refractivity contribution is -0.148. The Morgan fingerprint density at radius 1 is 1.24 bits per heavy atom. The first-order valence-corrected chi connectivity index (χ1v) is 7.10. The van der Waals surface area contributed by atoms with Gasteiger partial charge in [-0.25, -0.2) is 4.79 Å². The Labute approximate surface area is 124 Å². The highest BCUT2D eigenvalue weighted by Crippen LogP contribution is 2.26. The molecule has 2 aromatic carbocycles. The van der Waals surface area contributed by atoms with E-state index in [9.17, 15) is 4.79 Å². The van der Waals surface area contributed by atoms with Gasteiger partial charge in [-0.05, 0) is 35.7 Å². The topological polar surface area (TPSA) is 61.5 Å². The first-order chi connectivity index (χ1) is 10.1. The van der Waals surface area contributed by atoms with Crippen LogP contribution in [0.5, 0.6) is 0 Å². The van der Waals surface area contributed by atoms with E-state index in [1.54, 1.807) is 6.92 Å². The summed E-state index contributed by atoms with van der Waals surface area (Å²) in [6.45, 7) is 4.38. The summed E-state index contributed by atoms with van der Waals surface area (Å²) in [6, 6.07) is 12.0. The first-order valence-electron chi connectivity index (χ1n) is 7.10. The van der Waals surface area contributed by atoms with Gasteiger partial charge in [-0.2, -0.15) is 0 Å². The first kappa shape index (κ1) is 15.5. The molecule has 0 spiro atoms. The molecular formula is C17H21NO3. The number of ether oxygens (including phenoxy) is 2. The minimum atomic E-state index is -0.362. The second-order valence-electron chi connectivity index (χ2n) is 4.94. The highest BCUT2D eigenvalue weighted by atomic mass is 16.6. The molecule has 0 saturated heterocycles. The van der Waals surface area contributed by atoms with Crippen LogP contribution in [0.2, 0.25) is 0 Å². The number of rotatable bonds is 6. The van der Waals surface area contributed by atoms with E-state index in [0.29, 0.717) is 6.61 Å². The lowest BCUT2D eigenvalue weighted by atomic mass is 9.95. The van der Waals surface area contributed by atoms with Gasteiger partial charge in [-0.1, -0.05) is 36.4 Å². The summed E-state index contributed by atoms with van der Waals surface area (Å²) in [5.74, 6) is -0.362. The summed E-state index contributed by atoms with van der Waals surface area (Å²) in [6.07, 6.45) is 0. The Bertz CT molecular complexity index is 624. The number of benzene rings is 2. The highest BCUT2D eigenvalue weighted by molar-refractivity contribution is 5.87. The molecule has 2 rings (SSSR count). The average Bonchev–Trinajstić information content (AvgIpc) is 2.47. The zero-order chi connectivity index (χ0) is 15.2. The molecule has 0 aliphatic rings. The number of hydrogen-bond acceptors (Lipinski definition) is 4. The molecule has 0 heterocycles. The quantitative estimate of drug-likeness (QED) is 0.830. The van der Waals surface area contributed by atoms with Gasteiger partial charge < -0.3 is 15.2 Å². The lowest BCUT2D eigenvalue weighted by Crippen LogP contribution is -2.21. The summed E-state index contributed by atoms with van der Waals surface area (Å²) in [7, 11) is 0. The Morgan fingerprint density at radius 3 is 2.76 bits per heavy atom. The zero-order valence-corrected chi connectivity index (χ0v) is 12.5.